The average Bonchev–Trinajstić information content (AvgIpc) is 2.54. The van der Waals surface area contributed by atoms with E-state index in [0.29, 0.717) is 5.69 Å². The van der Waals surface area contributed by atoms with Crippen molar-refractivity contribution in [1.29, 1.82) is 0 Å². The topological polar surface area (TPSA) is 110 Å². The standard InChI is InChI=1S/C15H18FN3O5/c16-12-9-10(17-4-3-13(20)21)1-2-11(12)14(22)18-5-7-19(8-6-18)15(23)24/h1-2,9,17H,3-8H2,(H,20,21)(H,23,24). The zero-order valence-electron chi connectivity index (χ0n) is 12.9. The van der Waals surface area contributed by atoms with E-state index >= 15 is 0 Å². The Morgan fingerprint density at radius 2 is 1.71 bits per heavy atom. The molecule has 1 aromatic carbocycles. The number of carbonyl (C=O) groups excluding carboxylic acids is 1. The summed E-state index contributed by atoms with van der Waals surface area (Å²) >= 11 is 0. The number of anilines is 1. The van der Waals surface area contributed by atoms with Gasteiger partial charge in [0.2, 0.25) is 0 Å². The number of nitrogens with zero attached hydrogens (tertiary/aromatic N) is 2. The molecule has 0 unspecified atom stereocenters. The molecule has 2 rings (SSSR count). The Hall–Kier alpha value is -2.84. The maximum atomic E-state index is 14.1. The molecule has 0 spiro atoms. The van der Waals surface area contributed by atoms with Crippen LogP contribution in [0.1, 0.15) is 16.8 Å². The molecule has 0 radical (unpaired) electrons. The molecule has 0 aliphatic carbocycles. The molecule has 0 saturated carbocycles. The normalized spacial score (nSPS) is 14.4. The number of piperazine rings is 1. The van der Waals surface area contributed by atoms with Crippen LogP contribution in [0.4, 0.5) is 14.9 Å². The van der Waals surface area contributed by atoms with Gasteiger partial charge >= 0.3 is 12.1 Å². The van der Waals surface area contributed by atoms with Crippen LogP contribution in [0.5, 0.6) is 0 Å². The molecule has 2 amide bonds. The van der Waals surface area contributed by atoms with E-state index in [2.05, 4.69) is 5.32 Å². The number of hydrogen-bond acceptors (Lipinski definition) is 4. The summed E-state index contributed by atoms with van der Waals surface area (Å²) in [6, 6.07) is 3.98. The molecule has 130 valence electrons. The minimum atomic E-state index is -1.04. The summed E-state index contributed by atoms with van der Waals surface area (Å²) in [5, 5.41) is 20.2. The lowest BCUT2D eigenvalue weighted by Crippen LogP contribution is -2.50. The molecule has 8 nitrogen and oxygen atoms in total. The van der Waals surface area contributed by atoms with Gasteiger partial charge in [0.15, 0.2) is 0 Å². The van der Waals surface area contributed by atoms with Crippen molar-refractivity contribution >= 4 is 23.7 Å². The van der Waals surface area contributed by atoms with Crippen molar-refractivity contribution in [2.45, 2.75) is 6.42 Å². The maximum absolute atomic E-state index is 14.1. The third kappa shape index (κ3) is 4.34. The van der Waals surface area contributed by atoms with Crippen LogP contribution < -0.4 is 5.32 Å². The minimum Gasteiger partial charge on any atom is -0.481 e. The van der Waals surface area contributed by atoms with E-state index in [1.54, 1.807) is 0 Å². The Labute approximate surface area is 137 Å². The van der Waals surface area contributed by atoms with E-state index in [9.17, 15) is 18.8 Å². The molecule has 0 bridgehead atoms. The molecular weight excluding hydrogens is 321 g/mol. The summed E-state index contributed by atoms with van der Waals surface area (Å²) in [4.78, 5) is 36.2. The number of hydrogen-bond donors (Lipinski definition) is 3. The van der Waals surface area contributed by atoms with Gasteiger partial charge in [-0.25, -0.2) is 9.18 Å². The largest absolute Gasteiger partial charge is 0.481 e. The smallest absolute Gasteiger partial charge is 0.407 e. The third-order valence-corrected chi connectivity index (χ3v) is 3.70. The first-order chi connectivity index (χ1) is 11.4. The highest BCUT2D eigenvalue weighted by Crippen LogP contribution is 2.17. The van der Waals surface area contributed by atoms with Crippen LogP contribution in [-0.4, -0.2) is 70.7 Å². The molecule has 24 heavy (non-hydrogen) atoms. The van der Waals surface area contributed by atoms with Gasteiger partial charge in [-0.15, -0.1) is 0 Å². The summed E-state index contributed by atoms with van der Waals surface area (Å²) in [5.41, 5.74) is 0.295. The van der Waals surface area contributed by atoms with Gasteiger partial charge < -0.3 is 25.3 Å². The van der Waals surface area contributed by atoms with E-state index in [1.165, 1.54) is 21.9 Å². The van der Waals surface area contributed by atoms with Crippen LogP contribution in [0.2, 0.25) is 0 Å². The second-order valence-electron chi connectivity index (χ2n) is 5.33. The van der Waals surface area contributed by atoms with Crippen LogP contribution >= 0.6 is 0 Å². The van der Waals surface area contributed by atoms with Crippen molar-refractivity contribution in [2.24, 2.45) is 0 Å². The first kappa shape index (κ1) is 17.5. The summed E-state index contributed by atoms with van der Waals surface area (Å²) < 4.78 is 14.1. The molecule has 0 aromatic heterocycles. The molecule has 3 N–H and O–H groups in total. The number of aliphatic carboxylic acids is 1. The summed E-state index contributed by atoms with van der Waals surface area (Å²) in [7, 11) is 0. The highest BCUT2D eigenvalue weighted by atomic mass is 19.1. The summed E-state index contributed by atoms with van der Waals surface area (Å²) in [6.07, 6.45) is -1.14. The van der Waals surface area contributed by atoms with Crippen LogP contribution in [0.25, 0.3) is 0 Å². The second kappa shape index (κ2) is 7.62. The van der Waals surface area contributed by atoms with Crippen molar-refractivity contribution in [2.75, 3.05) is 38.0 Å². The number of nitrogens with one attached hydrogen (secondary N) is 1. The third-order valence-electron chi connectivity index (χ3n) is 3.70. The fourth-order valence-corrected chi connectivity index (χ4v) is 2.38. The number of carboxylic acid groups (broad SMARTS) is 2. The zero-order chi connectivity index (χ0) is 17.7. The fraction of sp³-hybridized carbons (Fsp3) is 0.400. The first-order valence-corrected chi connectivity index (χ1v) is 7.41. The van der Waals surface area contributed by atoms with Gasteiger partial charge in [0.25, 0.3) is 5.91 Å². The van der Waals surface area contributed by atoms with Crippen LogP contribution in [0.3, 0.4) is 0 Å². The molecule has 1 aliphatic heterocycles. The van der Waals surface area contributed by atoms with Gasteiger partial charge in [-0.05, 0) is 18.2 Å². The first-order valence-electron chi connectivity index (χ1n) is 7.41. The highest BCUT2D eigenvalue weighted by molar-refractivity contribution is 5.95. The van der Waals surface area contributed by atoms with E-state index in [0.717, 1.165) is 6.07 Å². The van der Waals surface area contributed by atoms with Crippen LogP contribution in [-0.2, 0) is 4.79 Å². The van der Waals surface area contributed by atoms with Crippen LogP contribution in [0.15, 0.2) is 18.2 Å². The quantitative estimate of drug-likeness (QED) is 0.742. The molecule has 0 atom stereocenters. The Morgan fingerprint density at radius 1 is 1.08 bits per heavy atom. The van der Waals surface area contributed by atoms with Gasteiger partial charge in [-0.1, -0.05) is 0 Å². The number of carboxylic acids is 1. The van der Waals surface area contributed by atoms with E-state index in [1.807, 2.05) is 0 Å². The van der Waals surface area contributed by atoms with Crippen molar-refractivity contribution in [3.8, 4) is 0 Å². The second-order valence-corrected chi connectivity index (χ2v) is 5.33. The van der Waals surface area contributed by atoms with E-state index < -0.39 is 23.8 Å². The van der Waals surface area contributed by atoms with E-state index in [4.69, 9.17) is 10.2 Å². The van der Waals surface area contributed by atoms with Gasteiger partial charge in [0.05, 0.1) is 12.0 Å². The summed E-state index contributed by atoms with van der Waals surface area (Å²) in [6.45, 7) is 0.959. The molecular formula is C15H18FN3O5. The SMILES string of the molecule is O=C(O)CCNc1ccc(C(=O)N2CCN(C(=O)O)CC2)c(F)c1. The maximum Gasteiger partial charge on any atom is 0.407 e. The minimum absolute atomic E-state index is 0.0949. The number of carbonyl (C=O) groups is 3. The molecule has 9 heteroatoms. The van der Waals surface area contributed by atoms with Crippen LogP contribution in [0, 0.1) is 5.82 Å². The molecule has 1 saturated heterocycles. The Kier molecular flexibility index (Phi) is 5.56. The Morgan fingerprint density at radius 3 is 2.25 bits per heavy atom. The van der Waals surface area contributed by atoms with Gasteiger partial charge in [-0.3, -0.25) is 9.59 Å². The lowest BCUT2D eigenvalue weighted by Gasteiger charge is -2.33. The number of halogens is 1. The lowest BCUT2D eigenvalue weighted by molar-refractivity contribution is -0.136. The number of benzene rings is 1. The Balaban J connectivity index is 1.97. The van der Waals surface area contributed by atoms with Gasteiger partial charge in [0, 0.05) is 38.4 Å². The molecule has 1 heterocycles. The molecule has 1 fully saturated rings. The van der Waals surface area contributed by atoms with Crippen molar-refractivity contribution < 1.29 is 29.0 Å². The van der Waals surface area contributed by atoms with Crippen molar-refractivity contribution in [3.63, 3.8) is 0 Å². The Bertz CT molecular complexity index is 644. The predicted octanol–water partition coefficient (Wildman–Crippen LogP) is 1.15. The lowest BCUT2D eigenvalue weighted by atomic mass is 10.1. The fourth-order valence-electron chi connectivity index (χ4n) is 2.38. The highest BCUT2D eigenvalue weighted by Gasteiger charge is 2.26. The van der Waals surface area contributed by atoms with E-state index in [-0.39, 0.29) is 44.7 Å². The summed E-state index contributed by atoms with van der Waals surface area (Å²) in [5.74, 6) is -2.16. The monoisotopic (exact) mass is 339 g/mol. The number of amides is 2. The predicted molar refractivity (Wildman–Crippen MR) is 82.6 cm³/mol. The molecule has 1 aromatic rings. The van der Waals surface area contributed by atoms with Gasteiger partial charge in [0.1, 0.15) is 5.82 Å². The van der Waals surface area contributed by atoms with Gasteiger partial charge in [-0.2, -0.15) is 0 Å². The average molecular weight is 339 g/mol. The number of rotatable bonds is 5. The zero-order valence-corrected chi connectivity index (χ0v) is 12.9. The van der Waals surface area contributed by atoms with Crippen molar-refractivity contribution in [1.82, 2.24) is 9.80 Å². The molecule has 1 aliphatic rings. The van der Waals surface area contributed by atoms with Crippen molar-refractivity contribution in [3.05, 3.63) is 29.6 Å².